The van der Waals surface area contributed by atoms with E-state index in [1.807, 2.05) is 31.1 Å². The molecule has 0 bridgehead atoms. The molecule has 0 aliphatic carbocycles. The molecule has 32 heavy (non-hydrogen) atoms. The lowest BCUT2D eigenvalue weighted by atomic mass is 10.1. The van der Waals surface area contributed by atoms with Gasteiger partial charge in [-0.3, -0.25) is 4.79 Å². The second-order valence-corrected chi connectivity index (χ2v) is 7.40. The van der Waals surface area contributed by atoms with E-state index in [0.717, 1.165) is 17.8 Å². The Bertz CT molecular complexity index is 1170. The topological polar surface area (TPSA) is 88.6 Å². The minimum atomic E-state index is -1.14. The monoisotopic (exact) mass is 441 g/mol. The maximum Gasteiger partial charge on any atom is 0.287 e. The van der Waals surface area contributed by atoms with E-state index in [1.54, 1.807) is 6.07 Å². The molecule has 166 valence electrons. The molecule has 0 saturated heterocycles. The van der Waals surface area contributed by atoms with E-state index >= 15 is 0 Å². The van der Waals surface area contributed by atoms with Crippen LogP contribution in [0, 0.1) is 11.6 Å². The van der Waals surface area contributed by atoms with Gasteiger partial charge in [-0.15, -0.1) is 0 Å². The quantitative estimate of drug-likeness (QED) is 0.607. The van der Waals surface area contributed by atoms with Gasteiger partial charge in [0.15, 0.2) is 11.6 Å². The molecule has 4 rings (SSSR count). The average molecular weight is 441 g/mol. The number of anilines is 2. The second kappa shape index (κ2) is 8.75. The summed E-state index contributed by atoms with van der Waals surface area (Å²) < 4.78 is 39.1. The minimum Gasteiger partial charge on any atom is -0.496 e. The number of hydrogen-bond acceptors (Lipinski definition) is 7. The number of ether oxygens (including phenoxy) is 2. The van der Waals surface area contributed by atoms with Crippen LogP contribution in [0.15, 0.2) is 42.6 Å². The number of amides is 1. The van der Waals surface area contributed by atoms with Crippen molar-refractivity contribution in [3.63, 3.8) is 0 Å². The van der Waals surface area contributed by atoms with Crippen molar-refractivity contribution in [3.8, 4) is 22.8 Å². The molecule has 0 saturated carbocycles. The molecule has 0 radical (unpaired) electrons. The summed E-state index contributed by atoms with van der Waals surface area (Å²) in [5.74, 6) is -1.11. The van der Waals surface area contributed by atoms with Gasteiger partial charge >= 0.3 is 0 Å². The summed E-state index contributed by atoms with van der Waals surface area (Å²) in [5, 5.41) is 5.58. The number of fused-ring (bicyclic) bond motifs is 1. The molecule has 2 heterocycles. The van der Waals surface area contributed by atoms with Crippen LogP contribution in [0.3, 0.4) is 0 Å². The van der Waals surface area contributed by atoms with Crippen molar-refractivity contribution in [2.24, 2.45) is 0 Å². The number of rotatable bonds is 6. The Labute approximate surface area is 183 Å². The van der Waals surface area contributed by atoms with Crippen molar-refractivity contribution >= 4 is 17.5 Å². The average Bonchev–Trinajstić information content (AvgIpc) is 2.75. The summed E-state index contributed by atoms with van der Waals surface area (Å²) >= 11 is 0. The van der Waals surface area contributed by atoms with Gasteiger partial charge in [0, 0.05) is 23.7 Å². The predicted octanol–water partition coefficient (Wildman–Crippen LogP) is 3.26. The summed E-state index contributed by atoms with van der Waals surface area (Å²) in [4.78, 5) is 22.6. The lowest BCUT2D eigenvalue weighted by Gasteiger charge is -2.28. The van der Waals surface area contributed by atoms with Gasteiger partial charge in [-0.05, 0) is 32.3 Å². The first kappa shape index (κ1) is 21.4. The van der Waals surface area contributed by atoms with Gasteiger partial charge in [-0.25, -0.2) is 18.7 Å². The van der Waals surface area contributed by atoms with Crippen LogP contribution in [0.1, 0.15) is 5.56 Å². The Morgan fingerprint density at radius 2 is 2.06 bits per heavy atom. The number of aromatic nitrogens is 2. The van der Waals surface area contributed by atoms with Crippen LogP contribution in [0.25, 0.3) is 11.3 Å². The molecule has 1 aliphatic rings. The molecule has 3 aromatic rings. The van der Waals surface area contributed by atoms with E-state index in [9.17, 15) is 13.6 Å². The van der Waals surface area contributed by atoms with E-state index in [0.29, 0.717) is 18.0 Å². The Hall–Kier alpha value is -3.79. The number of carbonyl (C=O) groups excluding carboxylic acids is 1. The number of carbonyl (C=O) groups is 1. The number of hydrogen-bond donors (Lipinski definition) is 2. The number of methoxy groups -OCH3 is 1. The number of halogens is 2. The summed E-state index contributed by atoms with van der Waals surface area (Å²) in [5.41, 5.74) is 1.58. The van der Waals surface area contributed by atoms with Crippen LogP contribution in [0.5, 0.6) is 11.5 Å². The minimum absolute atomic E-state index is 0.0403. The zero-order valence-electron chi connectivity index (χ0n) is 17.6. The largest absolute Gasteiger partial charge is 0.496 e. The molecule has 1 aliphatic heterocycles. The third kappa shape index (κ3) is 4.30. The maximum atomic E-state index is 14.5. The maximum absolute atomic E-state index is 14.5. The van der Waals surface area contributed by atoms with Gasteiger partial charge in [-0.1, -0.05) is 12.1 Å². The molecule has 1 aromatic heterocycles. The van der Waals surface area contributed by atoms with E-state index in [4.69, 9.17) is 9.47 Å². The van der Waals surface area contributed by atoms with Gasteiger partial charge in [-0.2, -0.15) is 0 Å². The van der Waals surface area contributed by atoms with Crippen molar-refractivity contribution in [1.29, 1.82) is 0 Å². The zero-order valence-corrected chi connectivity index (χ0v) is 17.6. The first-order chi connectivity index (χ1) is 15.4. The van der Waals surface area contributed by atoms with Crippen LogP contribution in [-0.2, 0) is 11.3 Å². The van der Waals surface area contributed by atoms with Crippen LogP contribution in [-0.4, -0.2) is 48.2 Å². The Morgan fingerprint density at radius 1 is 1.25 bits per heavy atom. The standard InChI is InChI=1S/C22H21F2N5O3/c1-29(2)11-12-5-4-6-16-19(12)32-21(20(30)26-16)28-22-25-10-15(24)18(27-22)14-8-7-13(23)9-17(14)31-3/h4-10,21H,11H2,1-3H3,(H,26,30)(H,25,27,28). The van der Waals surface area contributed by atoms with Crippen LogP contribution in [0.4, 0.5) is 20.4 Å². The van der Waals surface area contributed by atoms with Gasteiger partial charge in [0.25, 0.3) is 12.1 Å². The van der Waals surface area contributed by atoms with Crippen molar-refractivity contribution in [2.45, 2.75) is 12.8 Å². The van der Waals surface area contributed by atoms with Gasteiger partial charge in [0.05, 0.1) is 19.0 Å². The van der Waals surface area contributed by atoms with E-state index in [2.05, 4.69) is 20.6 Å². The van der Waals surface area contributed by atoms with Crippen molar-refractivity contribution in [1.82, 2.24) is 14.9 Å². The van der Waals surface area contributed by atoms with Gasteiger partial charge in [0.2, 0.25) is 5.95 Å². The Kier molecular flexibility index (Phi) is 5.87. The smallest absolute Gasteiger partial charge is 0.287 e. The van der Waals surface area contributed by atoms with E-state index in [1.165, 1.54) is 19.2 Å². The fourth-order valence-electron chi connectivity index (χ4n) is 3.36. The fraction of sp³-hybridized carbons (Fsp3) is 0.227. The number of nitrogens with zero attached hydrogens (tertiary/aromatic N) is 3. The fourth-order valence-corrected chi connectivity index (χ4v) is 3.36. The lowest BCUT2D eigenvalue weighted by molar-refractivity contribution is -0.122. The van der Waals surface area contributed by atoms with Crippen LogP contribution in [0.2, 0.25) is 0 Å². The number of para-hydroxylation sites is 1. The highest BCUT2D eigenvalue weighted by atomic mass is 19.1. The van der Waals surface area contributed by atoms with Gasteiger partial charge < -0.3 is 25.0 Å². The molecular formula is C22H21F2N5O3. The third-order valence-electron chi connectivity index (χ3n) is 4.74. The summed E-state index contributed by atoms with van der Waals surface area (Å²) in [6.45, 7) is 0.604. The van der Waals surface area contributed by atoms with E-state index in [-0.39, 0.29) is 23.0 Å². The number of benzene rings is 2. The molecule has 2 aromatic carbocycles. The zero-order chi connectivity index (χ0) is 22.8. The first-order valence-electron chi connectivity index (χ1n) is 9.73. The third-order valence-corrected chi connectivity index (χ3v) is 4.74. The second-order valence-electron chi connectivity index (χ2n) is 7.40. The SMILES string of the molecule is COc1cc(F)ccc1-c1nc(NC2Oc3c(CN(C)C)cccc3NC2=O)ncc1F. The molecule has 1 unspecified atom stereocenters. The first-order valence-corrected chi connectivity index (χ1v) is 9.73. The molecular weight excluding hydrogens is 420 g/mol. The lowest BCUT2D eigenvalue weighted by Crippen LogP contribution is -2.43. The highest BCUT2D eigenvalue weighted by Gasteiger charge is 2.30. The summed E-state index contributed by atoms with van der Waals surface area (Å²) in [6, 6.07) is 9.15. The highest BCUT2D eigenvalue weighted by Crippen LogP contribution is 2.35. The van der Waals surface area contributed by atoms with Crippen molar-refractivity contribution in [3.05, 3.63) is 59.8 Å². The van der Waals surface area contributed by atoms with Crippen LogP contribution >= 0.6 is 0 Å². The molecule has 0 fully saturated rings. The van der Waals surface area contributed by atoms with Crippen molar-refractivity contribution in [2.75, 3.05) is 31.8 Å². The normalized spacial score (nSPS) is 15.1. The molecule has 2 N–H and O–H groups in total. The molecule has 1 atom stereocenters. The highest BCUT2D eigenvalue weighted by molar-refractivity contribution is 5.99. The van der Waals surface area contributed by atoms with Crippen LogP contribution < -0.4 is 20.1 Å². The molecule has 1 amide bonds. The van der Waals surface area contributed by atoms with Gasteiger partial charge in [0.1, 0.15) is 17.3 Å². The predicted molar refractivity (Wildman–Crippen MR) is 114 cm³/mol. The Balaban J connectivity index is 1.63. The van der Waals surface area contributed by atoms with E-state index < -0.39 is 23.8 Å². The Morgan fingerprint density at radius 3 is 2.81 bits per heavy atom. The molecule has 0 spiro atoms. The molecule has 8 nitrogen and oxygen atoms in total. The summed E-state index contributed by atoms with van der Waals surface area (Å²) in [7, 11) is 5.20. The summed E-state index contributed by atoms with van der Waals surface area (Å²) in [6.07, 6.45) is -0.182. The molecule has 10 heteroatoms. The number of nitrogens with one attached hydrogen (secondary N) is 2. The van der Waals surface area contributed by atoms with Crippen molar-refractivity contribution < 1.29 is 23.0 Å².